The molecule has 0 bridgehead atoms. The Kier molecular flexibility index (Phi) is 5.02. The molecule has 1 aromatic heterocycles. The van der Waals surface area contributed by atoms with E-state index in [0.29, 0.717) is 23.6 Å². The maximum atomic E-state index is 12.6. The monoisotopic (exact) mass is 370 g/mol. The Bertz CT molecular complexity index is 765. The number of nitrogens with one attached hydrogen (secondary N) is 1. The molecule has 5 nitrogen and oxygen atoms in total. The first-order chi connectivity index (χ1) is 12.6. The first-order valence-corrected chi connectivity index (χ1v) is 10.5. The first-order valence-electron chi connectivity index (χ1n) is 9.55. The van der Waals surface area contributed by atoms with E-state index in [2.05, 4.69) is 46.1 Å². The molecule has 2 fully saturated rings. The van der Waals surface area contributed by atoms with E-state index in [4.69, 9.17) is 0 Å². The van der Waals surface area contributed by atoms with E-state index in [1.807, 2.05) is 18.2 Å². The normalized spacial score (nSPS) is 18.1. The van der Waals surface area contributed by atoms with Gasteiger partial charge in [0.2, 0.25) is 5.91 Å². The highest BCUT2D eigenvalue weighted by molar-refractivity contribution is 7.99. The van der Waals surface area contributed by atoms with Gasteiger partial charge in [-0.3, -0.25) is 4.79 Å². The molecule has 2 aromatic rings. The fraction of sp³-hybridized carbons (Fsp3) is 0.550. The Hall–Kier alpha value is -1.82. The van der Waals surface area contributed by atoms with E-state index >= 15 is 0 Å². The fourth-order valence-electron chi connectivity index (χ4n) is 3.32. The number of hydrogen-bond acceptors (Lipinski definition) is 4. The van der Waals surface area contributed by atoms with Crippen molar-refractivity contribution in [1.29, 1.82) is 0 Å². The van der Waals surface area contributed by atoms with Crippen LogP contribution in [0.15, 0.2) is 35.5 Å². The van der Waals surface area contributed by atoms with Crippen molar-refractivity contribution in [2.24, 2.45) is 5.92 Å². The Balaban J connectivity index is 1.39. The number of carbonyl (C=O) groups is 1. The molecule has 1 atom stereocenters. The maximum Gasteiger partial charge on any atom is 0.230 e. The van der Waals surface area contributed by atoms with Gasteiger partial charge in [0, 0.05) is 12.0 Å². The van der Waals surface area contributed by atoms with Crippen LogP contribution in [0.25, 0.3) is 0 Å². The molecule has 2 aliphatic carbocycles. The summed E-state index contributed by atoms with van der Waals surface area (Å²) < 4.78 is 2.30. The Morgan fingerprint density at radius 1 is 1.19 bits per heavy atom. The predicted octanol–water partition coefficient (Wildman–Crippen LogP) is 4.10. The molecule has 1 heterocycles. The average molecular weight is 371 g/mol. The van der Waals surface area contributed by atoms with Gasteiger partial charge in [-0.05, 0) is 37.2 Å². The number of amides is 1. The zero-order chi connectivity index (χ0) is 18.1. The minimum atomic E-state index is 0.0348. The fourth-order valence-corrected chi connectivity index (χ4v) is 4.15. The molecule has 1 N–H and O–H groups in total. The smallest absolute Gasteiger partial charge is 0.230 e. The highest BCUT2D eigenvalue weighted by Crippen LogP contribution is 2.45. The standard InChI is InChI=1S/C20H26N4OS/c1-13(2)18(14-6-4-3-5-7-14)21-17(25)12-26-20-23-22-19(15-8-9-15)24(20)16-10-11-16/h3-7,13,15-16,18H,8-12H2,1-2H3,(H,21,25). The van der Waals surface area contributed by atoms with Gasteiger partial charge in [0.05, 0.1) is 11.8 Å². The molecule has 26 heavy (non-hydrogen) atoms. The number of carbonyl (C=O) groups excluding carboxylic acids is 1. The quantitative estimate of drug-likeness (QED) is 0.711. The van der Waals surface area contributed by atoms with E-state index in [9.17, 15) is 4.79 Å². The lowest BCUT2D eigenvalue weighted by Gasteiger charge is -2.22. The van der Waals surface area contributed by atoms with Crippen LogP contribution in [0, 0.1) is 5.92 Å². The average Bonchev–Trinajstić information content (AvgIpc) is 3.57. The second kappa shape index (κ2) is 7.43. The SMILES string of the molecule is CC(C)C(NC(=O)CSc1nnc(C2CC2)n1C1CC1)c1ccccc1. The van der Waals surface area contributed by atoms with Gasteiger partial charge < -0.3 is 9.88 Å². The second-order valence-electron chi connectivity index (χ2n) is 7.70. The summed E-state index contributed by atoms with van der Waals surface area (Å²) in [4.78, 5) is 12.6. The summed E-state index contributed by atoms with van der Waals surface area (Å²) in [5, 5.41) is 12.9. The topological polar surface area (TPSA) is 59.8 Å². The summed E-state index contributed by atoms with van der Waals surface area (Å²) in [6, 6.07) is 10.8. The van der Waals surface area contributed by atoms with Gasteiger partial charge in [-0.15, -0.1) is 10.2 Å². The highest BCUT2D eigenvalue weighted by Gasteiger charge is 2.36. The molecule has 0 radical (unpaired) electrons. The van der Waals surface area contributed by atoms with Crippen molar-refractivity contribution in [2.45, 2.75) is 62.7 Å². The lowest BCUT2D eigenvalue weighted by Crippen LogP contribution is -2.33. The molecule has 0 spiro atoms. The summed E-state index contributed by atoms with van der Waals surface area (Å²) in [5.41, 5.74) is 1.15. The number of aromatic nitrogens is 3. The van der Waals surface area contributed by atoms with Crippen LogP contribution < -0.4 is 5.32 Å². The van der Waals surface area contributed by atoms with E-state index in [1.54, 1.807) is 0 Å². The molecule has 2 aliphatic rings. The minimum absolute atomic E-state index is 0.0348. The maximum absolute atomic E-state index is 12.6. The number of benzene rings is 1. The third-order valence-corrected chi connectivity index (χ3v) is 5.96. The summed E-state index contributed by atoms with van der Waals surface area (Å²) in [5.74, 6) is 2.50. The van der Waals surface area contributed by atoms with Crippen molar-refractivity contribution in [3.05, 3.63) is 41.7 Å². The van der Waals surface area contributed by atoms with Crippen LogP contribution >= 0.6 is 11.8 Å². The van der Waals surface area contributed by atoms with Gasteiger partial charge in [-0.2, -0.15) is 0 Å². The van der Waals surface area contributed by atoms with Gasteiger partial charge in [-0.25, -0.2) is 0 Å². The van der Waals surface area contributed by atoms with Crippen LogP contribution in [0.5, 0.6) is 0 Å². The Morgan fingerprint density at radius 2 is 1.92 bits per heavy atom. The van der Waals surface area contributed by atoms with Gasteiger partial charge in [0.1, 0.15) is 5.82 Å². The van der Waals surface area contributed by atoms with Crippen molar-refractivity contribution >= 4 is 17.7 Å². The zero-order valence-corrected chi connectivity index (χ0v) is 16.2. The van der Waals surface area contributed by atoms with Crippen molar-refractivity contribution in [2.75, 3.05) is 5.75 Å². The lowest BCUT2D eigenvalue weighted by atomic mass is 9.96. The zero-order valence-electron chi connectivity index (χ0n) is 15.4. The molecular weight excluding hydrogens is 344 g/mol. The van der Waals surface area contributed by atoms with E-state index in [0.717, 1.165) is 16.5 Å². The Labute approximate surface area is 159 Å². The van der Waals surface area contributed by atoms with Gasteiger partial charge in [-0.1, -0.05) is 55.9 Å². The molecule has 2 saturated carbocycles. The van der Waals surface area contributed by atoms with Crippen molar-refractivity contribution in [3.63, 3.8) is 0 Å². The molecule has 138 valence electrons. The van der Waals surface area contributed by atoms with Crippen LogP contribution in [0.3, 0.4) is 0 Å². The predicted molar refractivity (Wildman–Crippen MR) is 103 cm³/mol. The molecular formula is C20H26N4OS. The molecule has 0 saturated heterocycles. The van der Waals surface area contributed by atoms with Crippen LogP contribution in [0.2, 0.25) is 0 Å². The third kappa shape index (κ3) is 3.95. The number of thioether (sulfide) groups is 1. The first kappa shape index (κ1) is 17.6. The van der Waals surface area contributed by atoms with Crippen LogP contribution in [0.1, 0.15) is 68.9 Å². The third-order valence-electron chi connectivity index (χ3n) is 5.02. The number of hydrogen-bond donors (Lipinski definition) is 1. The van der Waals surface area contributed by atoms with Crippen molar-refractivity contribution in [1.82, 2.24) is 20.1 Å². The molecule has 6 heteroatoms. The molecule has 1 amide bonds. The van der Waals surface area contributed by atoms with Gasteiger partial charge in [0.25, 0.3) is 0 Å². The summed E-state index contributed by atoms with van der Waals surface area (Å²) in [6.45, 7) is 4.27. The lowest BCUT2D eigenvalue weighted by molar-refractivity contribution is -0.119. The summed E-state index contributed by atoms with van der Waals surface area (Å²) in [6.07, 6.45) is 4.87. The summed E-state index contributed by atoms with van der Waals surface area (Å²) in [7, 11) is 0. The molecule has 1 aromatic carbocycles. The molecule has 4 rings (SSSR count). The number of nitrogens with zero attached hydrogens (tertiary/aromatic N) is 3. The van der Waals surface area contributed by atoms with Gasteiger partial charge in [0.15, 0.2) is 5.16 Å². The van der Waals surface area contributed by atoms with Crippen LogP contribution in [0.4, 0.5) is 0 Å². The van der Waals surface area contributed by atoms with Crippen molar-refractivity contribution < 1.29 is 4.79 Å². The molecule has 0 aliphatic heterocycles. The van der Waals surface area contributed by atoms with Crippen LogP contribution in [-0.4, -0.2) is 26.4 Å². The number of rotatable bonds is 8. The largest absolute Gasteiger partial charge is 0.348 e. The molecule has 1 unspecified atom stereocenters. The van der Waals surface area contributed by atoms with Crippen molar-refractivity contribution in [3.8, 4) is 0 Å². The van der Waals surface area contributed by atoms with E-state index in [1.165, 1.54) is 37.4 Å². The highest BCUT2D eigenvalue weighted by atomic mass is 32.2. The van der Waals surface area contributed by atoms with Crippen LogP contribution in [-0.2, 0) is 4.79 Å². The van der Waals surface area contributed by atoms with E-state index in [-0.39, 0.29) is 11.9 Å². The minimum Gasteiger partial charge on any atom is -0.348 e. The second-order valence-corrected chi connectivity index (χ2v) is 8.65. The summed E-state index contributed by atoms with van der Waals surface area (Å²) >= 11 is 1.52. The Morgan fingerprint density at radius 3 is 2.54 bits per heavy atom. The van der Waals surface area contributed by atoms with Gasteiger partial charge >= 0.3 is 0 Å². The van der Waals surface area contributed by atoms with E-state index < -0.39 is 0 Å².